The van der Waals surface area contributed by atoms with E-state index in [4.69, 9.17) is 14.3 Å². The van der Waals surface area contributed by atoms with Crippen LogP contribution in [0.5, 0.6) is 5.75 Å². The number of likely N-dealkylation sites (tertiary alicyclic amines) is 1. The van der Waals surface area contributed by atoms with Gasteiger partial charge in [-0.05, 0) is 30.2 Å². The van der Waals surface area contributed by atoms with Crippen LogP contribution in [0.15, 0.2) is 53.7 Å². The maximum Gasteiger partial charge on any atom is 0.149 e. The largest absolute Gasteiger partial charge is 0.491 e. The molecule has 0 spiro atoms. The van der Waals surface area contributed by atoms with E-state index in [-0.39, 0.29) is 6.10 Å². The summed E-state index contributed by atoms with van der Waals surface area (Å²) >= 11 is 0. The average Bonchev–Trinajstić information content (AvgIpc) is 3.23. The van der Waals surface area contributed by atoms with Gasteiger partial charge >= 0.3 is 0 Å². The molecule has 0 N–H and O–H groups in total. The third-order valence-corrected chi connectivity index (χ3v) is 5.19. The van der Waals surface area contributed by atoms with Gasteiger partial charge in [0.05, 0.1) is 18.2 Å². The first kappa shape index (κ1) is 18.0. The summed E-state index contributed by atoms with van der Waals surface area (Å²) in [6.07, 6.45) is 0.155. The summed E-state index contributed by atoms with van der Waals surface area (Å²) in [5.74, 6) is 1.23. The lowest BCUT2D eigenvalue weighted by molar-refractivity contribution is 0.0745. The van der Waals surface area contributed by atoms with Crippen LogP contribution in [0.2, 0.25) is 0 Å². The number of hydrogen-bond donors (Lipinski definition) is 0. The maximum absolute atomic E-state index is 5.74. The number of oxime groups is 1. The number of ether oxygens (including phenoxy) is 2. The highest BCUT2D eigenvalue weighted by Crippen LogP contribution is 2.31. The van der Waals surface area contributed by atoms with E-state index in [0.29, 0.717) is 19.1 Å². The molecule has 0 saturated carbocycles. The van der Waals surface area contributed by atoms with E-state index in [0.717, 1.165) is 31.1 Å². The lowest BCUT2D eigenvalue weighted by Gasteiger charge is -2.17. The highest BCUT2D eigenvalue weighted by Gasteiger charge is 2.42. The minimum absolute atomic E-state index is 0.155. The van der Waals surface area contributed by atoms with Crippen molar-refractivity contribution in [3.63, 3.8) is 0 Å². The Morgan fingerprint density at radius 2 is 1.96 bits per heavy atom. The lowest BCUT2D eigenvalue weighted by Crippen LogP contribution is -2.23. The van der Waals surface area contributed by atoms with Crippen LogP contribution in [-0.4, -0.2) is 50.1 Å². The van der Waals surface area contributed by atoms with Crippen molar-refractivity contribution in [2.75, 3.05) is 33.4 Å². The molecule has 27 heavy (non-hydrogen) atoms. The van der Waals surface area contributed by atoms with Crippen molar-refractivity contribution >= 4 is 5.71 Å². The van der Waals surface area contributed by atoms with E-state index in [1.807, 2.05) is 12.1 Å². The first-order valence-electron chi connectivity index (χ1n) is 9.47. The van der Waals surface area contributed by atoms with E-state index < -0.39 is 0 Å². The Hall–Kier alpha value is -2.37. The molecule has 0 aliphatic carbocycles. The zero-order valence-corrected chi connectivity index (χ0v) is 15.9. The van der Waals surface area contributed by atoms with Gasteiger partial charge in [-0.25, -0.2) is 0 Å². The molecule has 2 aliphatic rings. The summed E-state index contributed by atoms with van der Waals surface area (Å²) < 4.78 is 10.8. The van der Waals surface area contributed by atoms with Crippen LogP contribution >= 0.6 is 0 Å². The number of benzene rings is 2. The summed E-state index contributed by atoms with van der Waals surface area (Å²) in [4.78, 5) is 8.18. The molecule has 2 aliphatic heterocycles. The summed E-state index contributed by atoms with van der Waals surface area (Å²) in [5, 5.41) is 4.38. The highest BCUT2D eigenvalue weighted by molar-refractivity contribution is 6.03. The van der Waals surface area contributed by atoms with Gasteiger partial charge in [-0.3, -0.25) is 4.90 Å². The second-order valence-corrected chi connectivity index (χ2v) is 7.28. The SMILES string of the molecule is COCCOc1cccc(CN2CC3ON=C(c4ccc(C)cc4)C3C2)c1. The molecule has 2 aromatic rings. The minimum atomic E-state index is 0.155. The smallest absolute Gasteiger partial charge is 0.149 e. The maximum atomic E-state index is 5.74. The standard InChI is InChI=1S/C22H26N2O3/c1-16-6-8-18(9-7-16)22-20-14-24(15-21(20)27-23-22)13-17-4-3-5-19(12-17)26-11-10-25-2/h3-9,12,20-21H,10-11,13-15H2,1-2H3. The van der Waals surface area contributed by atoms with Gasteiger partial charge in [0.2, 0.25) is 0 Å². The van der Waals surface area contributed by atoms with Gasteiger partial charge in [0.25, 0.3) is 0 Å². The second kappa shape index (κ2) is 8.11. The lowest BCUT2D eigenvalue weighted by atomic mass is 9.94. The summed E-state index contributed by atoms with van der Waals surface area (Å²) in [6.45, 7) is 6.02. The summed E-state index contributed by atoms with van der Waals surface area (Å²) in [5.41, 5.74) is 4.76. The topological polar surface area (TPSA) is 43.3 Å². The highest BCUT2D eigenvalue weighted by atomic mass is 16.6. The van der Waals surface area contributed by atoms with Gasteiger partial charge in [0, 0.05) is 26.7 Å². The Morgan fingerprint density at radius 3 is 2.78 bits per heavy atom. The first-order valence-corrected chi connectivity index (χ1v) is 9.47. The predicted octanol–water partition coefficient (Wildman–Crippen LogP) is 3.26. The van der Waals surface area contributed by atoms with Crippen molar-refractivity contribution in [1.82, 2.24) is 4.90 Å². The van der Waals surface area contributed by atoms with E-state index in [9.17, 15) is 0 Å². The molecule has 0 radical (unpaired) electrons. The van der Waals surface area contributed by atoms with E-state index in [2.05, 4.69) is 53.4 Å². The first-order chi connectivity index (χ1) is 13.2. The molecule has 2 unspecified atom stereocenters. The van der Waals surface area contributed by atoms with Crippen LogP contribution in [0.4, 0.5) is 0 Å². The van der Waals surface area contributed by atoms with Crippen molar-refractivity contribution in [3.05, 3.63) is 65.2 Å². The molecule has 5 heteroatoms. The fourth-order valence-corrected chi connectivity index (χ4v) is 3.77. The van der Waals surface area contributed by atoms with Crippen molar-refractivity contribution in [2.45, 2.75) is 19.6 Å². The molecule has 0 bridgehead atoms. The van der Waals surface area contributed by atoms with Gasteiger partial charge in [0.15, 0.2) is 0 Å². The molecule has 0 amide bonds. The molecular formula is C22H26N2O3. The summed E-state index contributed by atoms with van der Waals surface area (Å²) in [7, 11) is 1.68. The molecule has 0 aromatic heterocycles. The average molecular weight is 366 g/mol. The Kier molecular flexibility index (Phi) is 5.41. The fourth-order valence-electron chi connectivity index (χ4n) is 3.77. The third-order valence-electron chi connectivity index (χ3n) is 5.19. The van der Waals surface area contributed by atoms with Gasteiger partial charge in [-0.15, -0.1) is 0 Å². The van der Waals surface area contributed by atoms with E-state index >= 15 is 0 Å². The molecule has 1 fully saturated rings. The zero-order valence-electron chi connectivity index (χ0n) is 15.9. The number of methoxy groups -OCH3 is 1. The normalized spacial score (nSPS) is 21.6. The van der Waals surface area contributed by atoms with Gasteiger partial charge in [0.1, 0.15) is 18.5 Å². The Labute approximate surface area is 160 Å². The van der Waals surface area contributed by atoms with Crippen molar-refractivity contribution < 1.29 is 14.3 Å². The van der Waals surface area contributed by atoms with Gasteiger partial charge < -0.3 is 14.3 Å². The van der Waals surface area contributed by atoms with E-state index in [1.165, 1.54) is 16.7 Å². The minimum Gasteiger partial charge on any atom is -0.491 e. The van der Waals surface area contributed by atoms with Crippen molar-refractivity contribution in [1.29, 1.82) is 0 Å². The van der Waals surface area contributed by atoms with Crippen LogP contribution in [0, 0.1) is 12.8 Å². The van der Waals surface area contributed by atoms with Crippen LogP contribution in [0.25, 0.3) is 0 Å². The Balaban J connectivity index is 1.38. The molecule has 142 valence electrons. The zero-order chi connectivity index (χ0) is 18.6. The molecule has 1 saturated heterocycles. The molecule has 2 aromatic carbocycles. The number of fused-ring (bicyclic) bond motifs is 1. The Morgan fingerprint density at radius 1 is 1.11 bits per heavy atom. The van der Waals surface area contributed by atoms with Crippen molar-refractivity contribution in [2.24, 2.45) is 11.1 Å². The number of rotatable bonds is 7. The predicted molar refractivity (Wildman–Crippen MR) is 105 cm³/mol. The molecule has 2 atom stereocenters. The summed E-state index contributed by atoms with van der Waals surface area (Å²) in [6, 6.07) is 16.8. The van der Waals surface area contributed by atoms with Crippen LogP contribution < -0.4 is 4.74 Å². The van der Waals surface area contributed by atoms with Crippen molar-refractivity contribution in [3.8, 4) is 5.75 Å². The van der Waals surface area contributed by atoms with Gasteiger partial charge in [-0.1, -0.05) is 47.1 Å². The van der Waals surface area contributed by atoms with Crippen LogP contribution in [0.3, 0.4) is 0 Å². The van der Waals surface area contributed by atoms with Crippen LogP contribution in [-0.2, 0) is 16.1 Å². The van der Waals surface area contributed by atoms with Gasteiger partial charge in [-0.2, -0.15) is 0 Å². The third kappa shape index (κ3) is 4.15. The second-order valence-electron chi connectivity index (χ2n) is 7.28. The quantitative estimate of drug-likeness (QED) is 0.706. The number of aryl methyl sites for hydroxylation is 1. The monoisotopic (exact) mass is 366 g/mol. The number of hydrogen-bond acceptors (Lipinski definition) is 5. The molecule has 4 rings (SSSR count). The van der Waals surface area contributed by atoms with Crippen LogP contribution in [0.1, 0.15) is 16.7 Å². The molecule has 5 nitrogen and oxygen atoms in total. The molecular weight excluding hydrogens is 340 g/mol. The number of nitrogens with zero attached hydrogens (tertiary/aromatic N) is 2. The fraction of sp³-hybridized carbons (Fsp3) is 0.409. The Bertz CT molecular complexity index is 803. The van der Waals surface area contributed by atoms with E-state index in [1.54, 1.807) is 7.11 Å². The molecule has 2 heterocycles.